The largest absolute Gasteiger partial charge is 0.325 e. The van der Waals surface area contributed by atoms with Crippen molar-refractivity contribution in [3.8, 4) is 0 Å². The fourth-order valence-corrected chi connectivity index (χ4v) is 4.91. The van der Waals surface area contributed by atoms with E-state index in [0.29, 0.717) is 17.4 Å². The molecule has 2 amide bonds. The summed E-state index contributed by atoms with van der Waals surface area (Å²) in [5.74, 6) is -0.271. The predicted octanol–water partition coefficient (Wildman–Crippen LogP) is 6.04. The van der Waals surface area contributed by atoms with E-state index in [9.17, 15) is 9.59 Å². The lowest BCUT2D eigenvalue weighted by molar-refractivity contribution is -0.129. The van der Waals surface area contributed by atoms with Crippen LogP contribution in [-0.4, -0.2) is 33.7 Å². The van der Waals surface area contributed by atoms with Gasteiger partial charge in [-0.3, -0.25) is 14.5 Å². The number of para-hydroxylation sites is 1. The van der Waals surface area contributed by atoms with Crippen molar-refractivity contribution in [1.82, 2.24) is 4.90 Å². The van der Waals surface area contributed by atoms with Crippen molar-refractivity contribution in [3.05, 3.63) is 95.0 Å². The van der Waals surface area contributed by atoms with Crippen LogP contribution in [0.2, 0.25) is 0 Å². The maximum atomic E-state index is 13.1. The Morgan fingerprint density at radius 2 is 1.67 bits per heavy atom. The molecule has 1 fully saturated rings. The number of aliphatic imine (C=N–C) groups is 1. The summed E-state index contributed by atoms with van der Waals surface area (Å²) >= 11 is 4.74. The molecule has 1 saturated heterocycles. The Morgan fingerprint density at radius 3 is 2.36 bits per heavy atom. The van der Waals surface area contributed by atoms with E-state index in [0.717, 1.165) is 23.0 Å². The van der Waals surface area contributed by atoms with Crippen LogP contribution in [0.1, 0.15) is 18.4 Å². The SMILES string of the molecule is O=C(Nc1ccc(Br)cc1)C1CC(=O)N(CCCc2ccccc2)C(=Nc2ccccc2)S1. The third kappa shape index (κ3) is 6.55. The first-order valence-electron chi connectivity index (χ1n) is 10.8. The zero-order valence-electron chi connectivity index (χ0n) is 18.0. The summed E-state index contributed by atoms with van der Waals surface area (Å²) in [4.78, 5) is 32.5. The maximum Gasteiger partial charge on any atom is 0.238 e. The van der Waals surface area contributed by atoms with Crippen LogP contribution in [-0.2, 0) is 16.0 Å². The number of amides is 2. The van der Waals surface area contributed by atoms with E-state index < -0.39 is 5.25 Å². The van der Waals surface area contributed by atoms with Crippen molar-refractivity contribution in [1.29, 1.82) is 0 Å². The number of amidine groups is 1. The van der Waals surface area contributed by atoms with Crippen molar-refractivity contribution in [3.63, 3.8) is 0 Å². The maximum absolute atomic E-state index is 13.1. The van der Waals surface area contributed by atoms with Crippen LogP contribution in [0.15, 0.2) is 94.4 Å². The standard InChI is InChI=1S/C26H24BrN3O2S/c27-20-13-15-22(16-14-20)28-25(32)23-18-24(31)30(17-7-10-19-8-3-1-4-9-19)26(33-23)29-21-11-5-2-6-12-21/h1-6,8-9,11-16,23H,7,10,17-18H2,(H,28,32). The van der Waals surface area contributed by atoms with Gasteiger partial charge in [-0.2, -0.15) is 0 Å². The van der Waals surface area contributed by atoms with E-state index in [1.54, 1.807) is 4.90 Å². The number of nitrogens with one attached hydrogen (secondary N) is 1. The molecule has 1 aliphatic heterocycles. The second kappa shape index (κ2) is 11.3. The van der Waals surface area contributed by atoms with Gasteiger partial charge in [0.25, 0.3) is 0 Å². The molecule has 168 valence electrons. The molecule has 1 unspecified atom stereocenters. The molecule has 3 aromatic rings. The lowest BCUT2D eigenvalue weighted by Crippen LogP contribution is -2.45. The van der Waals surface area contributed by atoms with Gasteiger partial charge >= 0.3 is 0 Å². The Kier molecular flexibility index (Phi) is 7.96. The van der Waals surface area contributed by atoms with Crippen LogP contribution in [0.25, 0.3) is 0 Å². The van der Waals surface area contributed by atoms with Gasteiger partial charge in [0.2, 0.25) is 11.8 Å². The second-order valence-corrected chi connectivity index (χ2v) is 9.76. The molecule has 0 saturated carbocycles. The molecular weight excluding hydrogens is 498 g/mol. The van der Waals surface area contributed by atoms with Crippen molar-refractivity contribution >= 4 is 56.0 Å². The van der Waals surface area contributed by atoms with Gasteiger partial charge in [0.1, 0.15) is 5.25 Å². The van der Waals surface area contributed by atoms with Gasteiger partial charge in [-0.1, -0.05) is 76.2 Å². The molecule has 3 aromatic carbocycles. The van der Waals surface area contributed by atoms with Crippen molar-refractivity contribution in [2.45, 2.75) is 24.5 Å². The third-order valence-corrected chi connectivity index (χ3v) is 6.93. The Labute approximate surface area is 206 Å². The van der Waals surface area contributed by atoms with E-state index in [1.807, 2.05) is 72.8 Å². The number of aryl methyl sites for hydroxylation is 1. The molecule has 33 heavy (non-hydrogen) atoms. The molecule has 0 radical (unpaired) electrons. The van der Waals surface area contributed by atoms with Crippen molar-refractivity contribution in [2.24, 2.45) is 4.99 Å². The van der Waals surface area contributed by atoms with E-state index in [1.165, 1.54) is 17.3 Å². The van der Waals surface area contributed by atoms with Gasteiger partial charge in [-0.15, -0.1) is 0 Å². The molecule has 0 spiro atoms. The average Bonchev–Trinajstić information content (AvgIpc) is 2.83. The number of carbonyl (C=O) groups excluding carboxylic acids is 2. The van der Waals surface area contributed by atoms with Gasteiger partial charge in [0.05, 0.1) is 5.69 Å². The molecule has 5 nitrogen and oxygen atoms in total. The molecule has 1 aliphatic rings. The fraction of sp³-hybridized carbons (Fsp3) is 0.192. The Balaban J connectivity index is 1.48. The fourth-order valence-electron chi connectivity index (χ4n) is 3.52. The number of benzene rings is 3. The first-order chi connectivity index (χ1) is 16.1. The Morgan fingerprint density at radius 1 is 1.00 bits per heavy atom. The average molecular weight is 522 g/mol. The number of hydrogen-bond acceptors (Lipinski definition) is 4. The molecule has 7 heteroatoms. The Bertz CT molecular complexity index is 1120. The van der Waals surface area contributed by atoms with Crippen LogP contribution in [0, 0.1) is 0 Å². The smallest absolute Gasteiger partial charge is 0.238 e. The highest BCUT2D eigenvalue weighted by Gasteiger charge is 2.35. The van der Waals surface area contributed by atoms with E-state index >= 15 is 0 Å². The number of thioether (sulfide) groups is 1. The van der Waals surface area contributed by atoms with E-state index in [2.05, 4.69) is 33.4 Å². The number of carbonyl (C=O) groups is 2. The number of nitrogens with zero attached hydrogens (tertiary/aromatic N) is 2. The summed E-state index contributed by atoms with van der Waals surface area (Å²) in [7, 11) is 0. The Hall–Kier alpha value is -2.90. The van der Waals surface area contributed by atoms with Gasteiger partial charge in [-0.05, 0) is 54.8 Å². The molecule has 1 atom stereocenters. The van der Waals surface area contributed by atoms with Gasteiger partial charge in [0.15, 0.2) is 5.17 Å². The van der Waals surface area contributed by atoms with Gasteiger partial charge in [-0.25, -0.2) is 4.99 Å². The number of rotatable bonds is 7. The summed E-state index contributed by atoms with van der Waals surface area (Å²) in [6.45, 7) is 0.563. The summed E-state index contributed by atoms with van der Waals surface area (Å²) in [5, 5.41) is 2.95. The van der Waals surface area contributed by atoms with Crippen LogP contribution in [0.3, 0.4) is 0 Å². The number of anilines is 1. The zero-order chi connectivity index (χ0) is 23.0. The summed E-state index contributed by atoms with van der Waals surface area (Å²) in [6, 6.07) is 27.1. The highest BCUT2D eigenvalue weighted by atomic mass is 79.9. The monoisotopic (exact) mass is 521 g/mol. The van der Waals surface area contributed by atoms with Crippen LogP contribution >= 0.6 is 27.7 Å². The lowest BCUT2D eigenvalue weighted by atomic mass is 10.1. The highest BCUT2D eigenvalue weighted by molar-refractivity contribution is 9.10. The first-order valence-corrected chi connectivity index (χ1v) is 12.5. The normalized spacial score (nSPS) is 17.2. The molecule has 0 aromatic heterocycles. The van der Waals surface area contributed by atoms with E-state index in [4.69, 9.17) is 4.99 Å². The molecule has 1 heterocycles. The van der Waals surface area contributed by atoms with Gasteiger partial charge in [0, 0.05) is 23.1 Å². The number of hydrogen-bond donors (Lipinski definition) is 1. The molecule has 0 aliphatic carbocycles. The van der Waals surface area contributed by atoms with Crippen molar-refractivity contribution in [2.75, 3.05) is 11.9 Å². The van der Waals surface area contributed by atoms with Crippen LogP contribution in [0.5, 0.6) is 0 Å². The summed E-state index contributed by atoms with van der Waals surface area (Å²) < 4.78 is 0.936. The van der Waals surface area contributed by atoms with Gasteiger partial charge < -0.3 is 5.32 Å². The highest BCUT2D eigenvalue weighted by Crippen LogP contribution is 2.30. The lowest BCUT2D eigenvalue weighted by Gasteiger charge is -2.32. The topological polar surface area (TPSA) is 61.8 Å². The number of halogens is 1. The quantitative estimate of drug-likeness (QED) is 0.412. The first kappa shape index (κ1) is 23.3. The van der Waals surface area contributed by atoms with E-state index in [-0.39, 0.29) is 18.2 Å². The van der Waals surface area contributed by atoms with Crippen LogP contribution in [0.4, 0.5) is 11.4 Å². The zero-order valence-corrected chi connectivity index (χ0v) is 20.4. The minimum atomic E-state index is -0.533. The molecular formula is C26H24BrN3O2S. The third-order valence-electron chi connectivity index (χ3n) is 5.21. The minimum Gasteiger partial charge on any atom is -0.325 e. The predicted molar refractivity (Wildman–Crippen MR) is 139 cm³/mol. The minimum absolute atomic E-state index is 0.0764. The molecule has 1 N–H and O–H groups in total. The summed E-state index contributed by atoms with van der Waals surface area (Å²) in [6.07, 6.45) is 1.84. The van der Waals surface area contributed by atoms with Crippen LogP contribution < -0.4 is 5.32 Å². The second-order valence-electron chi connectivity index (χ2n) is 7.67. The molecule has 0 bridgehead atoms. The van der Waals surface area contributed by atoms with Crippen molar-refractivity contribution < 1.29 is 9.59 Å². The molecule has 4 rings (SSSR count). The summed E-state index contributed by atoms with van der Waals surface area (Å²) in [5.41, 5.74) is 2.70.